The first-order valence-electron chi connectivity index (χ1n) is 9.36. The van der Waals surface area contributed by atoms with Crippen molar-refractivity contribution in [2.24, 2.45) is 0 Å². The molecule has 0 saturated heterocycles. The van der Waals surface area contributed by atoms with Crippen LogP contribution in [0.4, 0.5) is 11.5 Å². The number of hydrogen-bond acceptors (Lipinski definition) is 3. The lowest BCUT2D eigenvalue weighted by Gasteiger charge is -2.13. The molecule has 5 heteroatoms. The van der Waals surface area contributed by atoms with Gasteiger partial charge in [-0.3, -0.25) is 4.79 Å². The largest absolute Gasteiger partial charge is 0.338 e. The van der Waals surface area contributed by atoms with Crippen LogP contribution in [0.2, 0.25) is 5.02 Å². The molecule has 4 aromatic rings. The van der Waals surface area contributed by atoms with Crippen molar-refractivity contribution in [3.05, 3.63) is 83.0 Å². The lowest BCUT2D eigenvalue weighted by molar-refractivity contribution is 0.0973. The molecule has 3 aromatic carbocycles. The van der Waals surface area contributed by atoms with Gasteiger partial charge in [0, 0.05) is 17.1 Å². The van der Waals surface area contributed by atoms with Crippen molar-refractivity contribution in [2.75, 3.05) is 5.32 Å². The highest BCUT2D eigenvalue weighted by atomic mass is 35.5. The fourth-order valence-corrected chi connectivity index (χ4v) is 3.93. The monoisotopic (exact) mass is 387 g/mol. The normalized spacial score (nSPS) is 13.5. The Bertz CT molecular complexity index is 1190. The minimum Gasteiger partial charge on any atom is -0.338 e. The summed E-state index contributed by atoms with van der Waals surface area (Å²) >= 11 is 6.03. The van der Waals surface area contributed by atoms with Gasteiger partial charge < -0.3 is 5.32 Å². The van der Waals surface area contributed by atoms with E-state index in [1.54, 1.807) is 0 Å². The average molecular weight is 388 g/mol. The molecular weight excluding hydrogens is 370 g/mol. The number of hydrogen-bond donors (Lipinski definition) is 1. The second kappa shape index (κ2) is 6.80. The molecule has 0 atom stereocenters. The summed E-state index contributed by atoms with van der Waals surface area (Å²) in [4.78, 5) is 12.7. The summed E-state index contributed by atoms with van der Waals surface area (Å²) in [5.74, 6) is 0.759. The number of carbonyl (C=O) groups is 1. The van der Waals surface area contributed by atoms with E-state index in [0.29, 0.717) is 22.8 Å². The first kappa shape index (κ1) is 17.0. The summed E-state index contributed by atoms with van der Waals surface area (Å²) in [6.45, 7) is 0. The highest BCUT2D eigenvalue weighted by Gasteiger charge is 2.27. The molecule has 1 heterocycles. The summed E-state index contributed by atoms with van der Waals surface area (Å²) in [6.07, 6.45) is 2.24. The van der Waals surface area contributed by atoms with Crippen molar-refractivity contribution in [1.82, 2.24) is 9.78 Å². The van der Waals surface area contributed by atoms with Crippen LogP contribution >= 0.6 is 11.6 Å². The lowest BCUT2D eigenvalue weighted by Crippen LogP contribution is -2.13. The maximum atomic E-state index is 12.7. The van der Waals surface area contributed by atoms with Crippen molar-refractivity contribution in [3.63, 3.8) is 0 Å². The predicted octanol–water partition coefficient (Wildman–Crippen LogP) is 5.94. The fourth-order valence-electron chi connectivity index (χ4n) is 3.81. The molecule has 0 spiro atoms. The Morgan fingerprint density at radius 3 is 2.54 bits per heavy atom. The molecule has 1 aliphatic rings. The number of anilines is 2. The summed E-state index contributed by atoms with van der Waals surface area (Å²) in [5.41, 5.74) is 3.48. The molecule has 0 aliphatic heterocycles. The van der Waals surface area contributed by atoms with Crippen LogP contribution in [0.1, 0.15) is 28.9 Å². The highest BCUT2D eigenvalue weighted by molar-refractivity contribution is 6.30. The van der Waals surface area contributed by atoms with Gasteiger partial charge in [-0.15, -0.1) is 5.10 Å². The maximum absolute atomic E-state index is 12.7. The van der Waals surface area contributed by atoms with Gasteiger partial charge in [0.05, 0.1) is 16.9 Å². The molecule has 0 saturated carbocycles. The first-order chi connectivity index (χ1) is 13.7. The number of ketones is 1. The minimum atomic E-state index is 0.143. The molecular formula is C23H18ClN3O. The summed E-state index contributed by atoms with van der Waals surface area (Å²) in [6, 6.07) is 21.9. The molecule has 4 nitrogen and oxygen atoms in total. The van der Waals surface area contributed by atoms with E-state index in [-0.39, 0.29) is 5.78 Å². The summed E-state index contributed by atoms with van der Waals surface area (Å²) in [7, 11) is 0. The molecule has 0 radical (unpaired) electrons. The molecule has 1 aromatic heterocycles. The molecule has 0 unspecified atom stereocenters. The van der Waals surface area contributed by atoms with E-state index in [1.165, 1.54) is 5.39 Å². The van der Waals surface area contributed by atoms with E-state index in [4.69, 9.17) is 16.7 Å². The Hall–Kier alpha value is -3.11. The zero-order chi connectivity index (χ0) is 19.1. The molecule has 0 bridgehead atoms. The van der Waals surface area contributed by atoms with Crippen LogP contribution in [-0.4, -0.2) is 15.6 Å². The summed E-state index contributed by atoms with van der Waals surface area (Å²) in [5, 5.41) is 11.1. The Kier molecular flexibility index (Phi) is 4.14. The van der Waals surface area contributed by atoms with Gasteiger partial charge in [0.2, 0.25) is 0 Å². The molecule has 1 N–H and O–H groups in total. The number of nitrogens with zero attached hydrogens (tertiary/aromatic N) is 2. The van der Waals surface area contributed by atoms with Gasteiger partial charge in [-0.1, -0.05) is 41.9 Å². The Morgan fingerprint density at radius 1 is 0.929 bits per heavy atom. The lowest BCUT2D eigenvalue weighted by atomic mass is 9.95. The molecule has 0 fully saturated rings. The third-order valence-electron chi connectivity index (χ3n) is 5.16. The summed E-state index contributed by atoms with van der Waals surface area (Å²) < 4.78 is 1.87. The third kappa shape index (κ3) is 2.96. The van der Waals surface area contributed by atoms with Crippen LogP contribution in [0.25, 0.3) is 16.5 Å². The minimum absolute atomic E-state index is 0.143. The van der Waals surface area contributed by atoms with Crippen molar-refractivity contribution in [3.8, 4) is 5.69 Å². The Balaban J connectivity index is 1.60. The van der Waals surface area contributed by atoms with E-state index >= 15 is 0 Å². The Morgan fingerprint density at radius 2 is 1.71 bits per heavy atom. The van der Waals surface area contributed by atoms with Gasteiger partial charge in [0.1, 0.15) is 0 Å². The van der Waals surface area contributed by atoms with Crippen LogP contribution in [0.3, 0.4) is 0 Å². The SMILES string of the molecule is O=C1CCCc2c1c(Nc1ccc3ccccc3c1)nn2-c1ccc(Cl)cc1. The second-order valence-corrected chi connectivity index (χ2v) is 7.46. The average Bonchev–Trinajstić information content (AvgIpc) is 3.08. The van der Waals surface area contributed by atoms with E-state index in [2.05, 4.69) is 29.6 Å². The number of Topliss-reactive ketones (excluding diaryl/α,β-unsaturated/α-hetero) is 1. The fraction of sp³-hybridized carbons (Fsp3) is 0.130. The number of halogens is 1. The number of fused-ring (bicyclic) bond motifs is 2. The van der Waals surface area contributed by atoms with E-state index in [0.717, 1.165) is 35.3 Å². The van der Waals surface area contributed by atoms with Gasteiger partial charge >= 0.3 is 0 Å². The van der Waals surface area contributed by atoms with Gasteiger partial charge in [-0.2, -0.15) is 0 Å². The van der Waals surface area contributed by atoms with Gasteiger partial charge in [0.25, 0.3) is 0 Å². The topological polar surface area (TPSA) is 46.9 Å². The Labute approximate surface area is 167 Å². The van der Waals surface area contributed by atoms with Crippen molar-refractivity contribution in [1.29, 1.82) is 0 Å². The smallest absolute Gasteiger partial charge is 0.168 e. The van der Waals surface area contributed by atoms with Crippen molar-refractivity contribution < 1.29 is 4.79 Å². The van der Waals surface area contributed by atoms with Gasteiger partial charge in [0.15, 0.2) is 11.6 Å². The predicted molar refractivity (Wildman–Crippen MR) is 113 cm³/mol. The van der Waals surface area contributed by atoms with E-state index in [1.807, 2.05) is 47.1 Å². The van der Waals surface area contributed by atoms with Gasteiger partial charge in [-0.25, -0.2) is 4.68 Å². The van der Waals surface area contributed by atoms with Crippen molar-refractivity contribution in [2.45, 2.75) is 19.3 Å². The molecule has 28 heavy (non-hydrogen) atoms. The zero-order valence-electron chi connectivity index (χ0n) is 15.2. The van der Waals surface area contributed by atoms with Crippen LogP contribution in [0.5, 0.6) is 0 Å². The number of benzene rings is 3. The van der Waals surface area contributed by atoms with Crippen LogP contribution in [0.15, 0.2) is 66.7 Å². The molecule has 138 valence electrons. The molecule has 5 rings (SSSR count). The maximum Gasteiger partial charge on any atom is 0.168 e. The third-order valence-corrected chi connectivity index (χ3v) is 5.41. The molecule has 1 aliphatic carbocycles. The molecule has 0 amide bonds. The van der Waals surface area contributed by atoms with Gasteiger partial charge in [-0.05, 0) is 60.0 Å². The first-order valence-corrected chi connectivity index (χ1v) is 9.74. The number of aromatic nitrogens is 2. The van der Waals surface area contributed by atoms with Crippen LogP contribution in [0, 0.1) is 0 Å². The van der Waals surface area contributed by atoms with Crippen LogP contribution in [-0.2, 0) is 6.42 Å². The zero-order valence-corrected chi connectivity index (χ0v) is 15.9. The van der Waals surface area contributed by atoms with E-state index in [9.17, 15) is 4.79 Å². The van der Waals surface area contributed by atoms with E-state index < -0.39 is 0 Å². The van der Waals surface area contributed by atoms with Crippen LogP contribution < -0.4 is 5.32 Å². The second-order valence-electron chi connectivity index (χ2n) is 7.02. The number of carbonyl (C=O) groups excluding carboxylic acids is 1. The van der Waals surface area contributed by atoms with Crippen molar-refractivity contribution >= 4 is 39.7 Å². The number of rotatable bonds is 3. The standard InChI is InChI=1S/C23H18ClN3O/c24-17-9-12-19(13-10-17)27-20-6-3-7-21(28)22(20)23(26-27)25-18-11-8-15-4-1-2-5-16(15)14-18/h1-2,4-5,8-14H,3,6-7H2,(H,25,26). The number of nitrogens with one attached hydrogen (secondary N) is 1. The highest BCUT2D eigenvalue weighted by Crippen LogP contribution is 2.32. The quantitative estimate of drug-likeness (QED) is 0.473.